The van der Waals surface area contributed by atoms with Gasteiger partial charge in [-0.25, -0.2) is 19.2 Å². The second-order valence-corrected chi connectivity index (χ2v) is 10.9. The summed E-state index contributed by atoms with van der Waals surface area (Å²) in [6.07, 6.45) is -7.33. The SMILES string of the molecule is C=C(CO)CO[C@@H]1O[C@H](COC(=O)c2ccccc2)[C@@H](OC(=O)c2ccccc2)[C@H](OC(=O)c2ccccc2)[C@H]1OC(=O)c1ccccc1. The number of rotatable bonds is 13. The third-order valence-electron chi connectivity index (χ3n) is 7.41. The lowest BCUT2D eigenvalue weighted by Crippen LogP contribution is -2.63. The number of carbonyl (C=O) groups excluding carboxylic acids is 4. The number of hydrogen-bond donors (Lipinski definition) is 1. The van der Waals surface area contributed by atoms with Crippen LogP contribution in [0.4, 0.5) is 0 Å². The first-order valence-electron chi connectivity index (χ1n) is 15.4. The summed E-state index contributed by atoms with van der Waals surface area (Å²) >= 11 is 0. The molecule has 1 saturated heterocycles. The van der Waals surface area contributed by atoms with Crippen LogP contribution in [0, 0.1) is 0 Å². The van der Waals surface area contributed by atoms with E-state index in [1.54, 1.807) is 84.9 Å². The number of esters is 4. The molecule has 0 bridgehead atoms. The Labute approximate surface area is 282 Å². The van der Waals surface area contributed by atoms with E-state index in [0.29, 0.717) is 0 Å². The van der Waals surface area contributed by atoms with Crippen molar-refractivity contribution in [2.75, 3.05) is 19.8 Å². The Balaban J connectivity index is 1.55. The van der Waals surface area contributed by atoms with Crippen LogP contribution in [0.3, 0.4) is 0 Å². The van der Waals surface area contributed by atoms with Gasteiger partial charge in [0.2, 0.25) is 0 Å². The van der Waals surface area contributed by atoms with E-state index in [0.717, 1.165) is 0 Å². The Bertz CT molecular complexity index is 1710. The summed E-state index contributed by atoms with van der Waals surface area (Å²) in [5, 5.41) is 9.59. The number of ether oxygens (including phenoxy) is 6. The molecule has 4 aromatic rings. The highest BCUT2D eigenvalue weighted by Crippen LogP contribution is 2.32. The van der Waals surface area contributed by atoms with Crippen LogP contribution in [-0.4, -0.2) is 79.5 Å². The van der Waals surface area contributed by atoms with E-state index in [9.17, 15) is 24.3 Å². The molecule has 0 amide bonds. The topological polar surface area (TPSA) is 144 Å². The second-order valence-electron chi connectivity index (χ2n) is 10.9. The molecule has 5 rings (SSSR count). The molecule has 1 aliphatic heterocycles. The molecule has 11 nitrogen and oxygen atoms in total. The van der Waals surface area contributed by atoms with Crippen molar-refractivity contribution in [1.82, 2.24) is 0 Å². The molecule has 0 unspecified atom stereocenters. The second kappa shape index (κ2) is 17.0. The minimum atomic E-state index is -1.55. The van der Waals surface area contributed by atoms with Gasteiger partial charge < -0.3 is 33.5 Å². The molecule has 0 spiro atoms. The van der Waals surface area contributed by atoms with E-state index in [-0.39, 0.29) is 34.4 Å². The van der Waals surface area contributed by atoms with Crippen molar-refractivity contribution in [2.45, 2.75) is 30.7 Å². The van der Waals surface area contributed by atoms with Crippen LogP contribution in [0.2, 0.25) is 0 Å². The molecule has 5 atom stereocenters. The maximum Gasteiger partial charge on any atom is 0.338 e. The first-order valence-corrected chi connectivity index (χ1v) is 15.4. The number of aliphatic hydroxyl groups is 1. The third-order valence-corrected chi connectivity index (χ3v) is 7.41. The first kappa shape index (κ1) is 34.7. The van der Waals surface area contributed by atoms with Crippen molar-refractivity contribution >= 4 is 23.9 Å². The summed E-state index contributed by atoms with van der Waals surface area (Å²) in [7, 11) is 0. The molecule has 49 heavy (non-hydrogen) atoms. The number of hydrogen-bond acceptors (Lipinski definition) is 11. The normalized spacial score (nSPS) is 20.0. The Kier molecular flexibility index (Phi) is 12.0. The number of benzene rings is 4. The molecular weight excluding hydrogens is 632 g/mol. The summed E-state index contributed by atoms with van der Waals surface area (Å²) in [5.74, 6) is -3.14. The summed E-state index contributed by atoms with van der Waals surface area (Å²) in [4.78, 5) is 53.5. The maximum absolute atomic E-state index is 13.6. The van der Waals surface area contributed by atoms with Gasteiger partial charge >= 0.3 is 23.9 Å². The quantitative estimate of drug-likeness (QED) is 0.119. The fraction of sp³-hybridized carbons (Fsp3) is 0.211. The van der Waals surface area contributed by atoms with E-state index in [1.165, 1.54) is 36.4 Å². The lowest BCUT2D eigenvalue weighted by atomic mass is 9.97. The maximum atomic E-state index is 13.6. The van der Waals surface area contributed by atoms with Gasteiger partial charge in [0.1, 0.15) is 12.7 Å². The summed E-state index contributed by atoms with van der Waals surface area (Å²) in [6, 6.07) is 32.4. The van der Waals surface area contributed by atoms with Crippen molar-refractivity contribution in [1.29, 1.82) is 0 Å². The van der Waals surface area contributed by atoms with Gasteiger partial charge in [-0.1, -0.05) is 79.4 Å². The smallest absolute Gasteiger partial charge is 0.338 e. The Morgan fingerprint density at radius 3 is 1.39 bits per heavy atom. The van der Waals surface area contributed by atoms with Gasteiger partial charge in [-0.15, -0.1) is 0 Å². The summed E-state index contributed by atoms with van der Waals surface area (Å²) in [5.41, 5.74) is 1.02. The van der Waals surface area contributed by atoms with Crippen LogP contribution < -0.4 is 0 Å². The Morgan fingerprint density at radius 2 is 0.959 bits per heavy atom. The predicted octanol–water partition coefficient (Wildman–Crippen LogP) is 4.81. The van der Waals surface area contributed by atoms with Gasteiger partial charge in [0.15, 0.2) is 24.6 Å². The van der Waals surface area contributed by atoms with Crippen molar-refractivity contribution in [2.24, 2.45) is 0 Å². The van der Waals surface area contributed by atoms with E-state index >= 15 is 0 Å². The van der Waals surface area contributed by atoms with E-state index in [4.69, 9.17) is 28.4 Å². The standard InChI is InChI=1S/C38H34O11/c1-25(22-39)23-45-38-33(49-37(43)29-20-12-5-13-21-29)32(48-36(42)28-18-10-4-11-19-28)31(47-35(41)27-16-8-3-9-17-27)30(46-38)24-44-34(40)26-14-6-2-7-15-26/h2-21,30-33,38-39H,1,22-24H2/t30-,31-,32+,33-,38-/m1/s1. The Hall–Kier alpha value is -5.62. The fourth-order valence-electron chi connectivity index (χ4n) is 4.91. The minimum absolute atomic E-state index is 0.161. The average Bonchev–Trinajstić information content (AvgIpc) is 3.15. The molecule has 4 aromatic carbocycles. The highest BCUT2D eigenvalue weighted by Gasteiger charge is 2.53. The van der Waals surface area contributed by atoms with Gasteiger partial charge in [0, 0.05) is 0 Å². The molecule has 0 saturated carbocycles. The van der Waals surface area contributed by atoms with Crippen molar-refractivity contribution in [3.8, 4) is 0 Å². The third kappa shape index (κ3) is 9.26. The highest BCUT2D eigenvalue weighted by atomic mass is 16.7. The zero-order valence-electron chi connectivity index (χ0n) is 26.3. The highest BCUT2D eigenvalue weighted by molar-refractivity contribution is 5.91. The summed E-state index contributed by atoms with van der Waals surface area (Å²) in [6.45, 7) is 2.59. The van der Waals surface area contributed by atoms with Crippen molar-refractivity contribution in [3.05, 3.63) is 156 Å². The fourth-order valence-corrected chi connectivity index (χ4v) is 4.91. The molecule has 11 heteroatoms. The molecule has 0 radical (unpaired) electrons. The Morgan fingerprint density at radius 1 is 0.571 bits per heavy atom. The molecule has 0 aliphatic carbocycles. The van der Waals surface area contributed by atoms with Gasteiger partial charge in [-0.3, -0.25) is 0 Å². The van der Waals surface area contributed by atoms with Crippen LogP contribution in [-0.2, 0) is 28.4 Å². The van der Waals surface area contributed by atoms with Gasteiger partial charge in [-0.2, -0.15) is 0 Å². The molecule has 1 fully saturated rings. The van der Waals surface area contributed by atoms with Crippen LogP contribution in [0.15, 0.2) is 133 Å². The largest absolute Gasteiger partial charge is 0.459 e. The number of carbonyl (C=O) groups is 4. The minimum Gasteiger partial charge on any atom is -0.459 e. The van der Waals surface area contributed by atoms with E-state index < -0.39 is 67.8 Å². The van der Waals surface area contributed by atoms with Gasteiger partial charge in [0.05, 0.1) is 35.5 Å². The lowest BCUT2D eigenvalue weighted by Gasteiger charge is -2.44. The zero-order valence-corrected chi connectivity index (χ0v) is 26.3. The van der Waals surface area contributed by atoms with E-state index in [2.05, 4.69) is 6.58 Å². The molecule has 252 valence electrons. The van der Waals surface area contributed by atoms with Crippen molar-refractivity contribution < 1.29 is 52.7 Å². The molecule has 1 heterocycles. The van der Waals surface area contributed by atoms with Crippen LogP contribution in [0.25, 0.3) is 0 Å². The molecular formula is C38H34O11. The van der Waals surface area contributed by atoms with Crippen LogP contribution >= 0.6 is 0 Å². The molecule has 1 aliphatic rings. The predicted molar refractivity (Wildman–Crippen MR) is 174 cm³/mol. The van der Waals surface area contributed by atoms with Crippen LogP contribution in [0.5, 0.6) is 0 Å². The first-order chi connectivity index (χ1) is 23.8. The van der Waals surface area contributed by atoms with Crippen molar-refractivity contribution in [3.63, 3.8) is 0 Å². The zero-order chi connectivity index (χ0) is 34.6. The number of aliphatic hydroxyl groups excluding tert-OH is 1. The molecule has 0 aromatic heterocycles. The van der Waals surface area contributed by atoms with Gasteiger partial charge in [-0.05, 0) is 54.1 Å². The monoisotopic (exact) mass is 666 g/mol. The average molecular weight is 667 g/mol. The molecule has 1 N–H and O–H groups in total. The lowest BCUT2D eigenvalue weighted by molar-refractivity contribution is -0.296. The van der Waals surface area contributed by atoms with E-state index in [1.807, 2.05) is 0 Å². The summed E-state index contributed by atoms with van der Waals surface area (Å²) < 4.78 is 35.6. The van der Waals surface area contributed by atoms with Crippen LogP contribution in [0.1, 0.15) is 41.4 Å². The van der Waals surface area contributed by atoms with Gasteiger partial charge in [0.25, 0.3) is 0 Å².